The zero-order chi connectivity index (χ0) is 13.9. The van der Waals surface area contributed by atoms with Gasteiger partial charge in [-0.1, -0.05) is 12.1 Å². The third-order valence-electron chi connectivity index (χ3n) is 3.13. The van der Waals surface area contributed by atoms with Gasteiger partial charge in [-0.2, -0.15) is 5.10 Å². The number of aryl methyl sites for hydroxylation is 1. The van der Waals surface area contributed by atoms with Crippen molar-refractivity contribution in [1.82, 2.24) is 15.5 Å². The molecule has 0 fully saturated rings. The van der Waals surface area contributed by atoms with E-state index < -0.39 is 0 Å². The fourth-order valence-electron chi connectivity index (χ4n) is 2.05. The third-order valence-corrected chi connectivity index (χ3v) is 3.13. The largest absolute Gasteiger partial charge is 0.486 e. The molecule has 0 spiro atoms. The van der Waals surface area contributed by atoms with Gasteiger partial charge in [-0.25, -0.2) is 0 Å². The summed E-state index contributed by atoms with van der Waals surface area (Å²) in [7, 11) is 0. The van der Waals surface area contributed by atoms with Crippen LogP contribution in [0.4, 0.5) is 0 Å². The van der Waals surface area contributed by atoms with E-state index in [1.54, 1.807) is 6.92 Å². The van der Waals surface area contributed by atoms with Gasteiger partial charge in [0.05, 0.1) is 18.3 Å². The second-order valence-corrected chi connectivity index (χ2v) is 4.62. The minimum Gasteiger partial charge on any atom is -0.486 e. The van der Waals surface area contributed by atoms with Crippen molar-refractivity contribution in [3.63, 3.8) is 0 Å². The molecule has 2 aromatic rings. The number of nitrogens with one attached hydrogen (secondary N) is 2. The molecule has 1 unspecified atom stereocenters. The summed E-state index contributed by atoms with van der Waals surface area (Å²) in [6.45, 7) is 2.61. The molecule has 0 radical (unpaired) electrons. The second kappa shape index (κ2) is 5.24. The average molecular weight is 273 g/mol. The zero-order valence-corrected chi connectivity index (χ0v) is 11.1. The van der Waals surface area contributed by atoms with Gasteiger partial charge in [0.1, 0.15) is 12.7 Å². The zero-order valence-electron chi connectivity index (χ0n) is 11.1. The predicted molar refractivity (Wildman–Crippen MR) is 72.0 cm³/mol. The highest BCUT2D eigenvalue weighted by Gasteiger charge is 2.21. The van der Waals surface area contributed by atoms with Gasteiger partial charge in [0, 0.05) is 5.69 Å². The van der Waals surface area contributed by atoms with Gasteiger partial charge in [-0.15, -0.1) is 0 Å². The third kappa shape index (κ3) is 2.45. The lowest BCUT2D eigenvalue weighted by molar-refractivity contribution is 0.0789. The van der Waals surface area contributed by atoms with Gasteiger partial charge in [0.15, 0.2) is 11.5 Å². The summed E-state index contributed by atoms with van der Waals surface area (Å²) in [5.74, 6) is 1.27. The van der Waals surface area contributed by atoms with Gasteiger partial charge >= 0.3 is 0 Å². The Morgan fingerprint density at radius 1 is 1.45 bits per heavy atom. The Bertz CT molecular complexity index is 624. The molecule has 1 aliphatic heterocycles. The van der Waals surface area contributed by atoms with Crippen molar-refractivity contribution < 1.29 is 14.3 Å². The number of hydrogen-bond donors (Lipinski definition) is 2. The first-order valence-electron chi connectivity index (χ1n) is 6.40. The Balaban J connectivity index is 1.58. The Labute approximate surface area is 116 Å². The van der Waals surface area contributed by atoms with Crippen LogP contribution in [0.25, 0.3) is 0 Å². The molecule has 2 heterocycles. The van der Waals surface area contributed by atoms with Crippen LogP contribution in [0.2, 0.25) is 0 Å². The fourth-order valence-corrected chi connectivity index (χ4v) is 2.05. The van der Waals surface area contributed by atoms with Crippen LogP contribution in [-0.4, -0.2) is 35.4 Å². The van der Waals surface area contributed by atoms with E-state index in [2.05, 4.69) is 15.5 Å². The summed E-state index contributed by atoms with van der Waals surface area (Å²) in [6, 6.07) is 7.49. The Morgan fingerprint density at radius 3 is 3.00 bits per heavy atom. The van der Waals surface area contributed by atoms with Crippen molar-refractivity contribution in [3.05, 3.63) is 41.7 Å². The molecule has 0 saturated heterocycles. The van der Waals surface area contributed by atoms with Crippen LogP contribution < -0.4 is 14.8 Å². The van der Waals surface area contributed by atoms with E-state index in [0.717, 1.165) is 11.4 Å². The van der Waals surface area contributed by atoms with E-state index in [1.807, 2.05) is 24.3 Å². The molecule has 20 heavy (non-hydrogen) atoms. The number of fused-ring (bicyclic) bond motifs is 1. The van der Waals surface area contributed by atoms with Crippen molar-refractivity contribution in [2.45, 2.75) is 13.0 Å². The van der Waals surface area contributed by atoms with E-state index in [0.29, 0.717) is 24.5 Å². The maximum atomic E-state index is 11.9. The van der Waals surface area contributed by atoms with Gasteiger partial charge in [0.25, 0.3) is 5.91 Å². The first-order chi connectivity index (χ1) is 9.74. The Hall–Kier alpha value is -2.50. The molecular formula is C14H15N3O3. The first-order valence-corrected chi connectivity index (χ1v) is 6.40. The SMILES string of the molecule is Cc1[nH]ncc1C(=O)NCC1COc2ccccc2O1. The molecule has 1 aromatic heterocycles. The van der Waals surface area contributed by atoms with E-state index in [9.17, 15) is 4.79 Å². The number of aromatic nitrogens is 2. The van der Waals surface area contributed by atoms with Crippen molar-refractivity contribution >= 4 is 5.91 Å². The number of ether oxygens (including phenoxy) is 2. The van der Waals surface area contributed by atoms with Gasteiger partial charge in [-0.05, 0) is 19.1 Å². The van der Waals surface area contributed by atoms with Crippen LogP contribution in [0.15, 0.2) is 30.5 Å². The Kier molecular flexibility index (Phi) is 3.28. The summed E-state index contributed by atoms with van der Waals surface area (Å²) in [4.78, 5) is 11.9. The highest BCUT2D eigenvalue weighted by Crippen LogP contribution is 2.30. The molecule has 104 valence electrons. The lowest BCUT2D eigenvalue weighted by Gasteiger charge is -2.26. The average Bonchev–Trinajstić information content (AvgIpc) is 2.91. The molecule has 3 rings (SSSR count). The number of carbonyl (C=O) groups excluding carboxylic acids is 1. The molecule has 1 amide bonds. The lowest BCUT2D eigenvalue weighted by Crippen LogP contribution is -2.40. The predicted octanol–water partition coefficient (Wildman–Crippen LogP) is 1.29. The molecule has 6 heteroatoms. The van der Waals surface area contributed by atoms with Crippen molar-refractivity contribution in [2.75, 3.05) is 13.2 Å². The monoisotopic (exact) mass is 273 g/mol. The van der Waals surface area contributed by atoms with E-state index in [1.165, 1.54) is 6.20 Å². The number of rotatable bonds is 3. The van der Waals surface area contributed by atoms with Gasteiger partial charge in [0.2, 0.25) is 0 Å². The van der Waals surface area contributed by atoms with Crippen LogP contribution in [0.5, 0.6) is 11.5 Å². The van der Waals surface area contributed by atoms with E-state index >= 15 is 0 Å². The molecule has 6 nitrogen and oxygen atoms in total. The van der Waals surface area contributed by atoms with E-state index in [4.69, 9.17) is 9.47 Å². The van der Waals surface area contributed by atoms with Crippen molar-refractivity contribution in [3.8, 4) is 11.5 Å². The highest BCUT2D eigenvalue weighted by atomic mass is 16.6. The summed E-state index contributed by atoms with van der Waals surface area (Å²) < 4.78 is 11.4. The Morgan fingerprint density at radius 2 is 2.25 bits per heavy atom. The first kappa shape index (κ1) is 12.5. The molecule has 0 saturated carbocycles. The number of aromatic amines is 1. The van der Waals surface area contributed by atoms with Crippen LogP contribution >= 0.6 is 0 Å². The second-order valence-electron chi connectivity index (χ2n) is 4.62. The van der Waals surface area contributed by atoms with Gasteiger partial charge in [-0.3, -0.25) is 9.89 Å². The number of hydrogen-bond acceptors (Lipinski definition) is 4. The molecule has 2 N–H and O–H groups in total. The quantitative estimate of drug-likeness (QED) is 0.883. The molecule has 1 aliphatic rings. The maximum Gasteiger partial charge on any atom is 0.254 e. The van der Waals surface area contributed by atoms with Crippen molar-refractivity contribution in [1.29, 1.82) is 0 Å². The smallest absolute Gasteiger partial charge is 0.254 e. The normalized spacial score (nSPS) is 16.8. The van der Waals surface area contributed by atoms with Crippen LogP contribution in [-0.2, 0) is 0 Å². The summed E-state index contributed by atoms with van der Waals surface area (Å²) >= 11 is 0. The summed E-state index contributed by atoms with van der Waals surface area (Å²) in [6.07, 6.45) is 1.32. The molecule has 0 bridgehead atoms. The molecule has 1 aromatic carbocycles. The summed E-state index contributed by atoms with van der Waals surface area (Å²) in [5.41, 5.74) is 1.29. The van der Waals surface area contributed by atoms with Crippen LogP contribution in [0, 0.1) is 6.92 Å². The highest BCUT2D eigenvalue weighted by molar-refractivity contribution is 5.94. The topological polar surface area (TPSA) is 76.2 Å². The summed E-state index contributed by atoms with van der Waals surface area (Å²) in [5, 5.41) is 9.38. The number of para-hydroxylation sites is 2. The fraction of sp³-hybridized carbons (Fsp3) is 0.286. The van der Waals surface area contributed by atoms with E-state index in [-0.39, 0.29) is 12.0 Å². The number of nitrogens with zero attached hydrogens (tertiary/aromatic N) is 1. The number of benzene rings is 1. The number of amides is 1. The maximum absolute atomic E-state index is 11.9. The molecule has 1 atom stereocenters. The minimum absolute atomic E-state index is 0.168. The van der Waals surface area contributed by atoms with Gasteiger partial charge < -0.3 is 14.8 Å². The standard InChI is InChI=1S/C14H15N3O3/c1-9-11(7-16-17-9)14(18)15-6-10-8-19-12-4-2-3-5-13(12)20-10/h2-5,7,10H,6,8H2,1H3,(H,15,18)(H,16,17). The molecule has 0 aliphatic carbocycles. The van der Waals surface area contributed by atoms with Crippen molar-refractivity contribution in [2.24, 2.45) is 0 Å². The lowest BCUT2D eigenvalue weighted by atomic mass is 10.2. The number of H-pyrrole nitrogens is 1. The minimum atomic E-state index is -0.193. The molecular weight excluding hydrogens is 258 g/mol. The van der Waals surface area contributed by atoms with Crippen LogP contribution in [0.1, 0.15) is 16.1 Å². The van der Waals surface area contributed by atoms with Crippen LogP contribution in [0.3, 0.4) is 0 Å². The number of carbonyl (C=O) groups is 1.